The molecule has 0 spiro atoms. The summed E-state index contributed by atoms with van der Waals surface area (Å²) >= 11 is 0.692. The summed E-state index contributed by atoms with van der Waals surface area (Å²) in [5, 5.41) is 9.00. The van der Waals surface area contributed by atoms with Crippen LogP contribution in [0.4, 0.5) is 22.6 Å². The minimum absolute atomic E-state index is 0.121. The Morgan fingerprint density at radius 2 is 2.00 bits per heavy atom. The molecule has 2 aromatic rings. The van der Waals surface area contributed by atoms with Crippen molar-refractivity contribution in [3.63, 3.8) is 0 Å². The Bertz CT molecular complexity index is 803. The van der Waals surface area contributed by atoms with Gasteiger partial charge in [0.15, 0.2) is 5.69 Å². The van der Waals surface area contributed by atoms with Crippen LogP contribution in [0.5, 0.6) is 0 Å². The molecule has 1 amide bonds. The number of benzene rings is 1. The lowest BCUT2D eigenvalue weighted by Gasteiger charge is -2.08. The molecule has 4 N–H and O–H groups in total. The average Bonchev–Trinajstić information content (AvgIpc) is 2.92. The molecule has 6 nitrogen and oxygen atoms in total. The van der Waals surface area contributed by atoms with Crippen molar-refractivity contribution in [1.29, 1.82) is 5.41 Å². The maximum absolute atomic E-state index is 13.8. The van der Waals surface area contributed by atoms with Crippen molar-refractivity contribution in [2.75, 3.05) is 5.73 Å². The standard InChI is InChI=1S/C14H11F4N5OS/c15-7-2-1-3-8(16)9(7)13-23-10(11(20)25-13)12(24)22-6(4-19)5-21-14(17)18/h1-6,14,19H,20H2,(H,22,24). The first-order valence-electron chi connectivity index (χ1n) is 6.67. The van der Waals surface area contributed by atoms with Crippen molar-refractivity contribution in [2.45, 2.75) is 12.6 Å². The molecule has 1 atom stereocenters. The maximum Gasteiger partial charge on any atom is 0.331 e. The second-order valence-electron chi connectivity index (χ2n) is 4.57. The number of nitrogen functional groups attached to an aromatic ring is 1. The minimum atomic E-state index is -2.99. The second kappa shape index (κ2) is 7.83. The number of rotatable bonds is 6. The number of nitrogens with two attached hydrogens (primary N) is 1. The third-order valence-electron chi connectivity index (χ3n) is 2.88. The lowest BCUT2D eigenvalue weighted by Crippen LogP contribution is -2.37. The van der Waals surface area contributed by atoms with Crippen molar-refractivity contribution >= 4 is 34.7 Å². The van der Waals surface area contributed by atoms with E-state index in [4.69, 9.17) is 11.1 Å². The van der Waals surface area contributed by atoms with Gasteiger partial charge < -0.3 is 16.5 Å². The number of amides is 1. The van der Waals surface area contributed by atoms with Gasteiger partial charge in [0.2, 0.25) is 0 Å². The lowest BCUT2D eigenvalue weighted by molar-refractivity contribution is 0.0950. The van der Waals surface area contributed by atoms with Gasteiger partial charge in [-0.3, -0.25) is 4.79 Å². The van der Waals surface area contributed by atoms with Crippen LogP contribution in [-0.4, -0.2) is 35.9 Å². The van der Waals surface area contributed by atoms with E-state index in [9.17, 15) is 22.4 Å². The average molecular weight is 373 g/mol. The molecule has 1 unspecified atom stereocenters. The van der Waals surface area contributed by atoms with Crippen molar-refractivity contribution in [2.24, 2.45) is 4.99 Å². The Hall–Kier alpha value is -2.82. The first kappa shape index (κ1) is 18.5. The number of nitrogens with one attached hydrogen (secondary N) is 2. The zero-order valence-electron chi connectivity index (χ0n) is 12.3. The molecule has 132 valence electrons. The van der Waals surface area contributed by atoms with E-state index in [0.29, 0.717) is 23.8 Å². The molecule has 0 radical (unpaired) electrons. The van der Waals surface area contributed by atoms with E-state index in [-0.39, 0.29) is 15.7 Å². The van der Waals surface area contributed by atoms with Crippen LogP contribution < -0.4 is 11.1 Å². The number of hydrogen-bond acceptors (Lipinski definition) is 6. The Morgan fingerprint density at radius 1 is 1.36 bits per heavy atom. The summed E-state index contributed by atoms with van der Waals surface area (Å²) in [4.78, 5) is 18.7. The molecule has 0 aliphatic heterocycles. The van der Waals surface area contributed by atoms with Gasteiger partial charge in [-0.2, -0.15) is 8.78 Å². The number of anilines is 1. The largest absolute Gasteiger partial charge is 0.389 e. The SMILES string of the molecule is N=CC(C=NC(F)F)NC(=O)c1nc(-c2c(F)cccc2F)sc1N. The fourth-order valence-electron chi connectivity index (χ4n) is 1.80. The zero-order chi connectivity index (χ0) is 18.6. The van der Waals surface area contributed by atoms with Crippen LogP contribution in [0.15, 0.2) is 23.2 Å². The van der Waals surface area contributed by atoms with Crippen LogP contribution in [0.1, 0.15) is 10.5 Å². The van der Waals surface area contributed by atoms with E-state index in [1.54, 1.807) is 0 Å². The third kappa shape index (κ3) is 4.38. The molecule has 1 heterocycles. The smallest absolute Gasteiger partial charge is 0.331 e. The fraction of sp³-hybridized carbons (Fsp3) is 0.143. The molecule has 25 heavy (non-hydrogen) atoms. The van der Waals surface area contributed by atoms with E-state index < -0.39 is 35.7 Å². The highest BCUT2D eigenvalue weighted by Crippen LogP contribution is 2.33. The predicted octanol–water partition coefficient (Wildman–Crippen LogP) is 2.71. The molecule has 11 heteroatoms. The molecule has 0 fully saturated rings. The monoisotopic (exact) mass is 373 g/mol. The molecule has 0 bridgehead atoms. The summed E-state index contributed by atoms with van der Waals surface area (Å²) in [6, 6.07) is 2.02. The van der Waals surface area contributed by atoms with Crippen molar-refractivity contribution in [3.8, 4) is 10.6 Å². The van der Waals surface area contributed by atoms with Crippen LogP contribution in [0.25, 0.3) is 10.6 Å². The summed E-state index contributed by atoms with van der Waals surface area (Å²) in [5.41, 5.74) is 4.90. The van der Waals surface area contributed by atoms with E-state index >= 15 is 0 Å². The number of aliphatic imine (C=N–C) groups is 1. The van der Waals surface area contributed by atoms with E-state index in [0.717, 1.165) is 12.1 Å². The Morgan fingerprint density at radius 3 is 2.56 bits per heavy atom. The van der Waals surface area contributed by atoms with E-state index in [1.165, 1.54) is 6.07 Å². The summed E-state index contributed by atoms with van der Waals surface area (Å²) in [6.45, 7) is -2.99. The van der Waals surface area contributed by atoms with Gasteiger partial charge in [0, 0.05) is 12.4 Å². The highest BCUT2D eigenvalue weighted by molar-refractivity contribution is 7.19. The van der Waals surface area contributed by atoms with Gasteiger partial charge >= 0.3 is 6.55 Å². The molecular weight excluding hydrogens is 362 g/mol. The van der Waals surface area contributed by atoms with Crippen molar-refractivity contribution < 1.29 is 22.4 Å². The Labute approximate surface area is 142 Å². The topological polar surface area (TPSA) is 104 Å². The quantitative estimate of drug-likeness (QED) is 0.412. The summed E-state index contributed by atoms with van der Waals surface area (Å²) in [7, 11) is 0. The highest BCUT2D eigenvalue weighted by Gasteiger charge is 2.22. The maximum atomic E-state index is 13.8. The van der Waals surface area contributed by atoms with Gasteiger partial charge in [-0.05, 0) is 12.1 Å². The minimum Gasteiger partial charge on any atom is -0.389 e. The molecule has 0 saturated heterocycles. The first-order valence-corrected chi connectivity index (χ1v) is 7.48. The third-order valence-corrected chi connectivity index (χ3v) is 3.78. The summed E-state index contributed by atoms with van der Waals surface area (Å²) in [6.07, 6.45) is 1.35. The molecular formula is C14H11F4N5OS. The second-order valence-corrected chi connectivity index (χ2v) is 5.60. The van der Waals surface area contributed by atoms with Gasteiger partial charge in [0.25, 0.3) is 5.91 Å². The molecule has 0 aliphatic rings. The number of alkyl halides is 2. The Kier molecular flexibility index (Phi) is 5.80. The predicted molar refractivity (Wildman–Crippen MR) is 86.4 cm³/mol. The Balaban J connectivity index is 2.28. The molecule has 2 rings (SSSR count). The zero-order valence-corrected chi connectivity index (χ0v) is 13.2. The van der Waals surface area contributed by atoms with Crippen LogP contribution in [0, 0.1) is 17.0 Å². The van der Waals surface area contributed by atoms with Gasteiger partial charge in [-0.15, -0.1) is 0 Å². The molecule has 0 saturated carbocycles. The van der Waals surface area contributed by atoms with Crippen molar-refractivity contribution in [1.82, 2.24) is 10.3 Å². The van der Waals surface area contributed by atoms with Crippen LogP contribution in [0.3, 0.4) is 0 Å². The first-order chi connectivity index (χ1) is 11.8. The van der Waals surface area contributed by atoms with Crippen molar-refractivity contribution in [3.05, 3.63) is 35.5 Å². The van der Waals surface area contributed by atoms with Gasteiger partial charge in [-0.25, -0.2) is 18.8 Å². The van der Waals surface area contributed by atoms with Crippen LogP contribution in [-0.2, 0) is 0 Å². The van der Waals surface area contributed by atoms with Crippen LogP contribution >= 0.6 is 11.3 Å². The lowest BCUT2D eigenvalue weighted by atomic mass is 10.2. The summed E-state index contributed by atoms with van der Waals surface area (Å²) < 4.78 is 51.6. The van der Waals surface area contributed by atoms with Gasteiger partial charge in [-0.1, -0.05) is 17.4 Å². The number of nitrogens with zero attached hydrogens (tertiary/aromatic N) is 2. The fourth-order valence-corrected chi connectivity index (χ4v) is 2.68. The molecule has 1 aromatic heterocycles. The highest BCUT2D eigenvalue weighted by atomic mass is 32.1. The number of hydrogen-bond donors (Lipinski definition) is 3. The van der Waals surface area contributed by atoms with Gasteiger partial charge in [0.05, 0.1) is 11.6 Å². The number of halogens is 4. The van der Waals surface area contributed by atoms with E-state index in [1.807, 2.05) is 0 Å². The summed E-state index contributed by atoms with van der Waals surface area (Å²) in [5.74, 6) is -2.64. The molecule has 0 aliphatic carbocycles. The number of carbonyl (C=O) groups excluding carboxylic acids is 1. The molecule has 1 aromatic carbocycles. The normalized spacial score (nSPS) is 12.5. The van der Waals surface area contributed by atoms with E-state index in [2.05, 4.69) is 15.3 Å². The number of carbonyl (C=O) groups is 1. The van der Waals surface area contributed by atoms with Crippen LogP contribution in [0.2, 0.25) is 0 Å². The number of aromatic nitrogens is 1. The number of thiazole rings is 1. The van der Waals surface area contributed by atoms with Gasteiger partial charge in [0.1, 0.15) is 21.6 Å².